The number of carboxylic acid groups (broad SMARTS) is 1. The van der Waals surface area contributed by atoms with Crippen LogP contribution < -0.4 is 4.90 Å². The molecule has 1 amide bonds. The molecule has 0 unspecified atom stereocenters. The van der Waals surface area contributed by atoms with E-state index < -0.39 is 25.5 Å². The van der Waals surface area contributed by atoms with Gasteiger partial charge in [-0.2, -0.15) is 0 Å². The van der Waals surface area contributed by atoms with Gasteiger partial charge in [0, 0.05) is 0 Å². The number of amides is 1. The second-order valence-electron chi connectivity index (χ2n) is 7.29. The quantitative estimate of drug-likeness (QED) is 0.697. The number of nitrogens with zero attached hydrogens (tertiary/aromatic N) is 3. The number of anilines is 1. The van der Waals surface area contributed by atoms with Crippen LogP contribution in [0.3, 0.4) is 0 Å². The molecular weight excluding hydrogens is 436 g/mol. The molecule has 8 heteroatoms. The number of piperazine rings is 1. The predicted molar refractivity (Wildman–Crippen MR) is 109 cm³/mol. The van der Waals surface area contributed by atoms with Crippen LogP contribution >= 0.6 is 0 Å². The Hall–Kier alpha value is -2.53. The van der Waals surface area contributed by atoms with Crippen LogP contribution in [-0.4, -0.2) is 73.2 Å². The Morgan fingerprint density at radius 2 is 1.79 bits per heavy atom. The van der Waals surface area contributed by atoms with E-state index in [1.165, 1.54) is 24.3 Å². The summed E-state index contributed by atoms with van der Waals surface area (Å²) in [6.45, 7) is 2.47. The standard InChI is InChI=1S/C21H21AsFN3O3/c23-16-5-3-15(4-6-16)19(27)26-12-10-25(11-13-26)18-2-1-9-24-17(18)14-22-21(7-8-21)20(28)29/h1-6,9,14H,7-8,10-13H2,(H,28,29). The molecule has 1 saturated heterocycles. The minimum absolute atomic E-state index is 0.0928. The van der Waals surface area contributed by atoms with Crippen LogP contribution in [0.15, 0.2) is 42.6 Å². The zero-order valence-corrected chi connectivity index (χ0v) is 17.7. The van der Waals surface area contributed by atoms with Crippen molar-refractivity contribution in [1.82, 2.24) is 9.88 Å². The Balaban J connectivity index is 1.44. The van der Waals surface area contributed by atoms with E-state index in [9.17, 15) is 19.1 Å². The van der Waals surface area contributed by atoms with Gasteiger partial charge in [-0.25, -0.2) is 4.39 Å². The molecule has 2 aliphatic rings. The number of carbonyl (C=O) groups is 2. The molecule has 29 heavy (non-hydrogen) atoms. The van der Waals surface area contributed by atoms with Crippen LogP contribution in [0.1, 0.15) is 28.9 Å². The number of carboxylic acids is 1. The van der Waals surface area contributed by atoms with Gasteiger partial charge in [0.1, 0.15) is 0 Å². The number of benzene rings is 1. The molecule has 1 aliphatic carbocycles. The SMILES string of the molecule is O=C(c1ccc(F)cc1)N1CCN(c2cccnc2C=[As]C2(C(=O)O)CC2)CC1. The average Bonchev–Trinajstić information content (AvgIpc) is 3.54. The summed E-state index contributed by atoms with van der Waals surface area (Å²) in [4.78, 5) is 34.5. The zero-order valence-electron chi connectivity index (χ0n) is 15.8. The third-order valence-corrected chi connectivity index (χ3v) is 8.53. The molecule has 2 aromatic rings. The molecule has 0 spiro atoms. The summed E-state index contributed by atoms with van der Waals surface area (Å²) in [6.07, 6.45) is 3.24. The second-order valence-corrected chi connectivity index (χ2v) is 10.2. The van der Waals surface area contributed by atoms with Crippen molar-refractivity contribution in [3.8, 4) is 0 Å². The van der Waals surface area contributed by atoms with Crippen molar-refractivity contribution in [3.63, 3.8) is 0 Å². The first-order chi connectivity index (χ1) is 14.0. The topological polar surface area (TPSA) is 73.7 Å². The summed E-state index contributed by atoms with van der Waals surface area (Å²) in [5.74, 6) is -1.14. The number of hydrogen-bond donors (Lipinski definition) is 1. The van der Waals surface area contributed by atoms with Crippen molar-refractivity contribution >= 4 is 37.7 Å². The molecule has 2 fully saturated rings. The van der Waals surface area contributed by atoms with Gasteiger partial charge in [0.05, 0.1) is 0 Å². The van der Waals surface area contributed by atoms with Gasteiger partial charge in [-0.1, -0.05) is 0 Å². The molecule has 2 heterocycles. The molecular formula is C21H21AsFN3O3. The fourth-order valence-electron chi connectivity index (χ4n) is 3.40. The van der Waals surface area contributed by atoms with Gasteiger partial charge in [0.15, 0.2) is 0 Å². The summed E-state index contributed by atoms with van der Waals surface area (Å²) in [5, 5.41) is 9.40. The Morgan fingerprint density at radius 3 is 2.41 bits per heavy atom. The number of pyridine rings is 1. The van der Waals surface area contributed by atoms with Crippen LogP contribution in [0.4, 0.5) is 10.1 Å². The van der Waals surface area contributed by atoms with Crippen molar-refractivity contribution in [2.24, 2.45) is 0 Å². The fraction of sp³-hybridized carbons (Fsp3) is 0.333. The molecule has 1 aromatic carbocycles. The number of halogens is 1. The number of hydrogen-bond acceptors (Lipinski definition) is 4. The van der Waals surface area contributed by atoms with Gasteiger partial charge in [-0.05, 0) is 0 Å². The van der Waals surface area contributed by atoms with Crippen molar-refractivity contribution in [2.75, 3.05) is 31.1 Å². The van der Waals surface area contributed by atoms with Crippen molar-refractivity contribution in [3.05, 3.63) is 59.7 Å². The summed E-state index contributed by atoms with van der Waals surface area (Å²) >= 11 is -0.466. The molecule has 1 aromatic heterocycles. The Morgan fingerprint density at radius 1 is 1.10 bits per heavy atom. The van der Waals surface area contributed by atoms with E-state index in [0.717, 1.165) is 24.2 Å². The fourth-order valence-corrected chi connectivity index (χ4v) is 5.60. The van der Waals surface area contributed by atoms with Crippen LogP contribution in [-0.2, 0) is 4.79 Å². The van der Waals surface area contributed by atoms with E-state index in [4.69, 9.17) is 0 Å². The van der Waals surface area contributed by atoms with Gasteiger partial charge in [-0.3, -0.25) is 0 Å². The van der Waals surface area contributed by atoms with Gasteiger partial charge in [-0.15, -0.1) is 0 Å². The predicted octanol–water partition coefficient (Wildman–Crippen LogP) is 2.07. The van der Waals surface area contributed by atoms with E-state index in [-0.39, 0.29) is 11.7 Å². The molecule has 0 bridgehead atoms. The summed E-state index contributed by atoms with van der Waals surface area (Å²) in [5.41, 5.74) is 2.30. The Kier molecular flexibility index (Phi) is 5.50. The zero-order chi connectivity index (χ0) is 20.4. The van der Waals surface area contributed by atoms with E-state index in [1.807, 2.05) is 16.9 Å². The first-order valence-electron chi connectivity index (χ1n) is 9.52. The Bertz CT molecular complexity index is 952. The normalized spacial score (nSPS) is 18.1. The maximum absolute atomic E-state index is 13.1. The molecule has 1 saturated carbocycles. The molecule has 150 valence electrons. The van der Waals surface area contributed by atoms with Crippen molar-refractivity contribution in [1.29, 1.82) is 0 Å². The summed E-state index contributed by atoms with van der Waals surface area (Å²) in [6, 6.07) is 9.50. The van der Waals surface area contributed by atoms with Crippen LogP contribution in [0.5, 0.6) is 0 Å². The van der Waals surface area contributed by atoms with Gasteiger partial charge >= 0.3 is 170 Å². The molecule has 1 aliphatic heterocycles. The summed E-state index contributed by atoms with van der Waals surface area (Å²) in [7, 11) is 0. The summed E-state index contributed by atoms with van der Waals surface area (Å²) < 4.78 is 12.6. The Labute approximate surface area is 174 Å². The monoisotopic (exact) mass is 457 g/mol. The molecule has 6 nitrogen and oxygen atoms in total. The number of aliphatic carboxylic acids is 1. The second kappa shape index (κ2) is 8.07. The number of rotatable bonds is 5. The van der Waals surface area contributed by atoms with Crippen molar-refractivity contribution < 1.29 is 19.1 Å². The van der Waals surface area contributed by atoms with Crippen LogP contribution in [0, 0.1) is 5.82 Å². The molecule has 0 radical (unpaired) electrons. The minimum atomic E-state index is -0.695. The molecule has 0 atom stereocenters. The van der Waals surface area contributed by atoms with Crippen molar-refractivity contribution in [2.45, 2.75) is 17.0 Å². The molecule has 1 N–H and O–H groups in total. The third kappa shape index (κ3) is 4.25. The van der Waals surface area contributed by atoms with E-state index in [1.54, 1.807) is 11.1 Å². The third-order valence-electron chi connectivity index (χ3n) is 5.37. The van der Waals surface area contributed by atoms with Crippen LogP contribution in [0.25, 0.3) is 0 Å². The number of carbonyl (C=O) groups excluding carboxylic acids is 1. The van der Waals surface area contributed by atoms with Gasteiger partial charge < -0.3 is 0 Å². The number of aromatic nitrogens is 1. The molecule has 4 rings (SSSR count). The average molecular weight is 457 g/mol. The first kappa shape index (κ1) is 19.8. The van der Waals surface area contributed by atoms with Crippen LogP contribution in [0.2, 0.25) is 4.20 Å². The van der Waals surface area contributed by atoms with Gasteiger partial charge in [0.2, 0.25) is 0 Å². The first-order valence-corrected chi connectivity index (χ1v) is 11.5. The van der Waals surface area contributed by atoms with E-state index in [2.05, 4.69) is 9.88 Å². The van der Waals surface area contributed by atoms with E-state index >= 15 is 0 Å². The maximum atomic E-state index is 13.1. The van der Waals surface area contributed by atoms with Gasteiger partial charge in [0.25, 0.3) is 0 Å². The van der Waals surface area contributed by atoms with E-state index in [0.29, 0.717) is 31.7 Å².